The van der Waals surface area contributed by atoms with Crippen LogP contribution in [0, 0.1) is 0 Å². The molecule has 1 fully saturated rings. The summed E-state index contributed by atoms with van der Waals surface area (Å²) >= 11 is 5.82. The van der Waals surface area contributed by atoms with E-state index in [1.54, 1.807) is 0 Å². The van der Waals surface area contributed by atoms with Gasteiger partial charge in [-0.05, 0) is 37.7 Å². The minimum atomic E-state index is 0.0694. The Kier molecular flexibility index (Phi) is 4.04. The van der Waals surface area contributed by atoms with Crippen LogP contribution in [0.2, 0.25) is 5.02 Å². The van der Waals surface area contributed by atoms with E-state index in [2.05, 4.69) is 5.32 Å². The molecule has 1 aromatic rings. The SMILES string of the molecule is CNC1CCOCC1Oc1ccc(Cl)cc1. The Morgan fingerprint density at radius 3 is 2.81 bits per heavy atom. The molecule has 1 aliphatic rings. The van der Waals surface area contributed by atoms with E-state index in [4.69, 9.17) is 21.1 Å². The molecule has 3 nitrogen and oxygen atoms in total. The van der Waals surface area contributed by atoms with Crippen LogP contribution >= 0.6 is 11.6 Å². The van der Waals surface area contributed by atoms with Gasteiger partial charge >= 0.3 is 0 Å². The molecule has 1 N–H and O–H groups in total. The molecule has 2 atom stereocenters. The van der Waals surface area contributed by atoms with E-state index in [-0.39, 0.29) is 6.10 Å². The molecule has 0 spiro atoms. The van der Waals surface area contributed by atoms with Gasteiger partial charge in [-0.25, -0.2) is 0 Å². The van der Waals surface area contributed by atoms with Gasteiger partial charge in [0.15, 0.2) is 0 Å². The first-order chi connectivity index (χ1) is 7.79. The number of rotatable bonds is 3. The van der Waals surface area contributed by atoms with Gasteiger partial charge in [-0.3, -0.25) is 0 Å². The molecule has 1 heterocycles. The lowest BCUT2D eigenvalue weighted by Gasteiger charge is -2.31. The number of ether oxygens (including phenoxy) is 2. The zero-order valence-corrected chi connectivity index (χ0v) is 10.0. The number of nitrogens with one attached hydrogen (secondary N) is 1. The Bertz CT molecular complexity index is 328. The van der Waals surface area contributed by atoms with Crippen LogP contribution in [0.15, 0.2) is 24.3 Å². The van der Waals surface area contributed by atoms with Crippen molar-refractivity contribution in [3.05, 3.63) is 29.3 Å². The smallest absolute Gasteiger partial charge is 0.137 e. The van der Waals surface area contributed by atoms with Gasteiger partial charge in [0.25, 0.3) is 0 Å². The fraction of sp³-hybridized carbons (Fsp3) is 0.500. The predicted molar refractivity (Wildman–Crippen MR) is 64.2 cm³/mol. The third-order valence-corrected chi connectivity index (χ3v) is 3.03. The summed E-state index contributed by atoms with van der Waals surface area (Å²) < 4.78 is 11.3. The number of likely N-dealkylation sites (N-methyl/N-ethyl adjacent to an activating group) is 1. The Morgan fingerprint density at radius 2 is 2.12 bits per heavy atom. The third kappa shape index (κ3) is 2.88. The Labute approximate surface area is 101 Å². The number of hydrogen-bond acceptors (Lipinski definition) is 3. The molecular weight excluding hydrogens is 226 g/mol. The monoisotopic (exact) mass is 241 g/mol. The highest BCUT2D eigenvalue weighted by molar-refractivity contribution is 6.30. The summed E-state index contributed by atoms with van der Waals surface area (Å²) in [7, 11) is 1.95. The fourth-order valence-electron chi connectivity index (χ4n) is 1.85. The summed E-state index contributed by atoms with van der Waals surface area (Å²) in [5.74, 6) is 0.833. The molecule has 0 bridgehead atoms. The fourth-order valence-corrected chi connectivity index (χ4v) is 1.97. The van der Waals surface area contributed by atoms with Crippen LogP contribution in [0.1, 0.15) is 6.42 Å². The van der Waals surface area contributed by atoms with Gasteiger partial charge in [0.05, 0.1) is 6.61 Å². The largest absolute Gasteiger partial charge is 0.486 e. The molecular formula is C12H16ClNO2. The van der Waals surface area contributed by atoms with Crippen molar-refractivity contribution < 1.29 is 9.47 Å². The zero-order chi connectivity index (χ0) is 11.4. The average Bonchev–Trinajstić information content (AvgIpc) is 2.33. The summed E-state index contributed by atoms with van der Waals surface area (Å²) in [5, 5.41) is 3.97. The second-order valence-corrected chi connectivity index (χ2v) is 4.31. The van der Waals surface area contributed by atoms with E-state index in [1.807, 2.05) is 31.3 Å². The summed E-state index contributed by atoms with van der Waals surface area (Å²) in [6.45, 7) is 1.43. The highest BCUT2D eigenvalue weighted by Gasteiger charge is 2.25. The topological polar surface area (TPSA) is 30.5 Å². The first kappa shape index (κ1) is 11.7. The first-order valence-corrected chi connectivity index (χ1v) is 5.84. The van der Waals surface area contributed by atoms with Crippen molar-refractivity contribution in [1.29, 1.82) is 0 Å². The predicted octanol–water partition coefficient (Wildman–Crippen LogP) is 2.10. The van der Waals surface area contributed by atoms with Gasteiger partial charge in [-0.15, -0.1) is 0 Å². The molecule has 0 aliphatic carbocycles. The first-order valence-electron chi connectivity index (χ1n) is 5.47. The van der Waals surface area contributed by atoms with E-state index < -0.39 is 0 Å². The number of benzene rings is 1. The van der Waals surface area contributed by atoms with Crippen LogP contribution in [-0.2, 0) is 4.74 Å². The summed E-state index contributed by atoms with van der Waals surface area (Å²) in [5.41, 5.74) is 0. The maximum absolute atomic E-state index is 5.87. The molecule has 0 saturated carbocycles. The maximum Gasteiger partial charge on any atom is 0.137 e. The Hall–Kier alpha value is -0.770. The number of hydrogen-bond donors (Lipinski definition) is 1. The highest BCUT2D eigenvalue weighted by Crippen LogP contribution is 2.19. The van der Waals surface area contributed by atoms with Gasteiger partial charge in [-0.2, -0.15) is 0 Å². The zero-order valence-electron chi connectivity index (χ0n) is 9.28. The van der Waals surface area contributed by atoms with Gasteiger partial charge in [0.2, 0.25) is 0 Å². The van der Waals surface area contributed by atoms with E-state index in [0.717, 1.165) is 23.8 Å². The van der Waals surface area contributed by atoms with Gasteiger partial charge in [0.1, 0.15) is 11.9 Å². The van der Waals surface area contributed by atoms with Crippen LogP contribution < -0.4 is 10.1 Å². The lowest BCUT2D eigenvalue weighted by atomic mass is 10.1. The molecule has 0 amide bonds. The summed E-state index contributed by atoms with van der Waals surface area (Å²) in [4.78, 5) is 0. The van der Waals surface area contributed by atoms with Crippen LogP contribution in [0.4, 0.5) is 0 Å². The Balaban J connectivity index is 1.99. The van der Waals surface area contributed by atoms with Crippen LogP contribution in [0.5, 0.6) is 5.75 Å². The van der Waals surface area contributed by atoms with Crippen molar-refractivity contribution in [3.8, 4) is 5.75 Å². The molecule has 1 aromatic carbocycles. The van der Waals surface area contributed by atoms with Gasteiger partial charge in [-0.1, -0.05) is 11.6 Å². The lowest BCUT2D eigenvalue weighted by molar-refractivity contribution is -0.0129. The van der Waals surface area contributed by atoms with Gasteiger partial charge < -0.3 is 14.8 Å². The van der Waals surface area contributed by atoms with Crippen molar-refractivity contribution in [2.24, 2.45) is 0 Å². The van der Waals surface area contributed by atoms with Crippen molar-refractivity contribution >= 4 is 11.6 Å². The molecule has 2 rings (SSSR count). The molecule has 1 saturated heterocycles. The summed E-state index contributed by atoms with van der Waals surface area (Å²) in [6, 6.07) is 7.77. The highest BCUT2D eigenvalue weighted by atomic mass is 35.5. The molecule has 88 valence electrons. The second kappa shape index (κ2) is 5.53. The van der Waals surface area contributed by atoms with Crippen LogP contribution in [0.3, 0.4) is 0 Å². The van der Waals surface area contributed by atoms with Crippen molar-refractivity contribution in [2.75, 3.05) is 20.3 Å². The molecule has 1 aliphatic heterocycles. The molecule has 0 radical (unpaired) electrons. The van der Waals surface area contributed by atoms with Crippen molar-refractivity contribution in [2.45, 2.75) is 18.6 Å². The lowest BCUT2D eigenvalue weighted by Crippen LogP contribution is -2.48. The molecule has 0 aromatic heterocycles. The second-order valence-electron chi connectivity index (χ2n) is 3.87. The number of halogens is 1. The normalized spacial score (nSPS) is 25.4. The molecule has 16 heavy (non-hydrogen) atoms. The average molecular weight is 242 g/mol. The van der Waals surface area contributed by atoms with E-state index in [9.17, 15) is 0 Å². The van der Waals surface area contributed by atoms with Crippen molar-refractivity contribution in [3.63, 3.8) is 0 Å². The third-order valence-electron chi connectivity index (χ3n) is 2.78. The van der Waals surface area contributed by atoms with Crippen molar-refractivity contribution in [1.82, 2.24) is 5.32 Å². The van der Waals surface area contributed by atoms with Crippen LogP contribution in [-0.4, -0.2) is 32.4 Å². The van der Waals surface area contributed by atoms with Gasteiger partial charge in [0, 0.05) is 17.7 Å². The van der Waals surface area contributed by atoms with E-state index >= 15 is 0 Å². The maximum atomic E-state index is 5.87. The molecule has 2 unspecified atom stereocenters. The minimum absolute atomic E-state index is 0.0694. The summed E-state index contributed by atoms with van der Waals surface area (Å²) in [6.07, 6.45) is 1.05. The molecule has 4 heteroatoms. The van der Waals surface area contributed by atoms with E-state index in [1.165, 1.54) is 0 Å². The van der Waals surface area contributed by atoms with Crippen LogP contribution in [0.25, 0.3) is 0 Å². The minimum Gasteiger partial charge on any atom is -0.486 e. The Morgan fingerprint density at radius 1 is 1.38 bits per heavy atom. The van der Waals surface area contributed by atoms with E-state index in [0.29, 0.717) is 12.6 Å². The quantitative estimate of drug-likeness (QED) is 0.879. The standard InChI is InChI=1S/C12H16ClNO2/c1-14-11-6-7-15-8-12(11)16-10-4-2-9(13)3-5-10/h2-5,11-12,14H,6-8H2,1H3.